The predicted octanol–water partition coefficient (Wildman–Crippen LogP) is 4.10. The topological polar surface area (TPSA) is 17.1 Å². The van der Waals surface area contributed by atoms with Crippen molar-refractivity contribution in [2.45, 2.75) is 64.2 Å². The molecule has 20 heavy (non-hydrogen) atoms. The SMILES string of the molecule is O=C1C2=C(CCC#CCCC2)C2=C1CCCC#CCC2. The molecule has 0 N–H and O–H groups in total. The highest BCUT2D eigenvalue weighted by Gasteiger charge is 2.30. The number of ketones is 1. The van der Waals surface area contributed by atoms with Crippen LogP contribution in [-0.4, -0.2) is 5.78 Å². The lowest BCUT2D eigenvalue weighted by molar-refractivity contribution is -0.112. The summed E-state index contributed by atoms with van der Waals surface area (Å²) in [6, 6.07) is 0. The molecule has 0 fully saturated rings. The van der Waals surface area contributed by atoms with Crippen LogP contribution in [0.1, 0.15) is 64.2 Å². The van der Waals surface area contributed by atoms with Gasteiger partial charge in [-0.15, -0.1) is 23.7 Å². The van der Waals surface area contributed by atoms with Gasteiger partial charge in [-0.3, -0.25) is 4.79 Å². The summed E-state index contributed by atoms with van der Waals surface area (Å²) in [7, 11) is 0. The van der Waals surface area contributed by atoms with Crippen LogP contribution in [0, 0.1) is 23.7 Å². The Labute approximate surface area is 121 Å². The van der Waals surface area contributed by atoms with E-state index in [4.69, 9.17) is 0 Å². The first kappa shape index (κ1) is 13.3. The van der Waals surface area contributed by atoms with Gasteiger partial charge in [0, 0.05) is 36.8 Å². The molecule has 0 spiro atoms. The number of fused-ring (bicyclic) bond motifs is 1. The number of Topliss-reactive ketones (excluding diaryl/α,β-unsaturated/α-hetero) is 1. The summed E-state index contributed by atoms with van der Waals surface area (Å²) in [4.78, 5) is 12.7. The van der Waals surface area contributed by atoms with E-state index in [0.29, 0.717) is 5.78 Å². The van der Waals surface area contributed by atoms with E-state index in [2.05, 4.69) is 23.7 Å². The van der Waals surface area contributed by atoms with Gasteiger partial charge in [0.05, 0.1) is 0 Å². The Kier molecular flexibility index (Phi) is 4.08. The fraction of sp³-hybridized carbons (Fsp3) is 0.526. The Bertz CT molecular complexity index is 554. The second-order valence-corrected chi connectivity index (χ2v) is 5.66. The van der Waals surface area contributed by atoms with Crippen LogP contribution in [-0.2, 0) is 4.79 Å². The molecule has 0 aromatic heterocycles. The van der Waals surface area contributed by atoms with Gasteiger partial charge in [-0.25, -0.2) is 0 Å². The lowest BCUT2D eigenvalue weighted by Crippen LogP contribution is -2.03. The number of carbonyl (C=O) groups is 1. The molecule has 0 saturated carbocycles. The number of hydrogen-bond acceptors (Lipinski definition) is 1. The average Bonchev–Trinajstić information content (AvgIpc) is 2.81. The predicted molar refractivity (Wildman–Crippen MR) is 80.8 cm³/mol. The maximum atomic E-state index is 12.7. The third kappa shape index (κ3) is 2.59. The van der Waals surface area contributed by atoms with E-state index in [1.807, 2.05) is 0 Å². The summed E-state index contributed by atoms with van der Waals surface area (Å²) in [5.74, 6) is 13.3. The third-order valence-electron chi connectivity index (χ3n) is 4.35. The zero-order valence-corrected chi connectivity index (χ0v) is 12.0. The highest BCUT2D eigenvalue weighted by molar-refractivity contribution is 6.13. The normalized spacial score (nSPS) is 22.7. The van der Waals surface area contributed by atoms with Crippen LogP contribution in [0.3, 0.4) is 0 Å². The van der Waals surface area contributed by atoms with E-state index in [1.54, 1.807) is 0 Å². The number of rotatable bonds is 0. The van der Waals surface area contributed by atoms with Gasteiger partial charge in [0.25, 0.3) is 0 Å². The molecule has 0 bridgehead atoms. The molecule has 0 aliphatic heterocycles. The van der Waals surface area contributed by atoms with Crippen LogP contribution < -0.4 is 0 Å². The van der Waals surface area contributed by atoms with Gasteiger partial charge in [-0.05, 0) is 49.7 Å². The van der Waals surface area contributed by atoms with Crippen molar-refractivity contribution in [3.63, 3.8) is 0 Å². The molecular weight excluding hydrogens is 244 g/mol. The summed E-state index contributed by atoms with van der Waals surface area (Å²) in [6.45, 7) is 0. The van der Waals surface area contributed by atoms with Gasteiger partial charge < -0.3 is 0 Å². The molecule has 0 unspecified atom stereocenters. The molecule has 3 rings (SSSR count). The number of hydrogen-bond donors (Lipinski definition) is 0. The molecule has 0 aromatic carbocycles. The van der Waals surface area contributed by atoms with E-state index in [9.17, 15) is 4.79 Å². The quantitative estimate of drug-likeness (QED) is 0.602. The van der Waals surface area contributed by atoms with Crippen LogP contribution in [0.2, 0.25) is 0 Å². The molecule has 0 heterocycles. The molecule has 1 nitrogen and oxygen atoms in total. The fourth-order valence-electron chi connectivity index (χ4n) is 3.39. The molecule has 1 heteroatoms. The van der Waals surface area contributed by atoms with Crippen LogP contribution in [0.15, 0.2) is 22.3 Å². The minimum Gasteiger partial charge on any atom is -0.289 e. The van der Waals surface area contributed by atoms with Crippen molar-refractivity contribution >= 4 is 5.78 Å². The van der Waals surface area contributed by atoms with Crippen LogP contribution in [0.25, 0.3) is 0 Å². The second-order valence-electron chi connectivity index (χ2n) is 5.66. The molecule has 0 amide bonds. The van der Waals surface area contributed by atoms with Crippen LogP contribution >= 0.6 is 0 Å². The first-order valence-electron chi connectivity index (χ1n) is 7.78. The maximum absolute atomic E-state index is 12.7. The van der Waals surface area contributed by atoms with E-state index in [-0.39, 0.29) is 0 Å². The highest BCUT2D eigenvalue weighted by Crippen LogP contribution is 2.39. The summed E-state index contributed by atoms with van der Waals surface area (Å²) in [5.41, 5.74) is 4.89. The first-order valence-corrected chi connectivity index (χ1v) is 7.78. The Morgan fingerprint density at radius 2 is 1.00 bits per heavy atom. The zero-order chi connectivity index (χ0) is 13.8. The maximum Gasteiger partial charge on any atom is 0.185 e. The summed E-state index contributed by atoms with van der Waals surface area (Å²) in [6.07, 6.45) is 9.46. The van der Waals surface area contributed by atoms with Crippen molar-refractivity contribution in [1.29, 1.82) is 0 Å². The molecule has 3 aliphatic carbocycles. The minimum atomic E-state index is 0.346. The Hall–Kier alpha value is -1.73. The van der Waals surface area contributed by atoms with Crippen LogP contribution in [0.5, 0.6) is 0 Å². The Morgan fingerprint density at radius 3 is 1.50 bits per heavy atom. The molecule has 0 atom stereocenters. The Balaban J connectivity index is 1.94. The molecule has 102 valence electrons. The van der Waals surface area contributed by atoms with E-state index in [0.717, 1.165) is 75.4 Å². The zero-order valence-electron chi connectivity index (χ0n) is 12.0. The fourth-order valence-corrected chi connectivity index (χ4v) is 3.39. The first-order chi connectivity index (χ1) is 9.88. The third-order valence-corrected chi connectivity index (χ3v) is 4.35. The lowest BCUT2D eigenvalue weighted by Gasteiger charge is -2.09. The monoisotopic (exact) mass is 264 g/mol. The average molecular weight is 264 g/mol. The van der Waals surface area contributed by atoms with Gasteiger partial charge >= 0.3 is 0 Å². The second kappa shape index (κ2) is 6.15. The summed E-state index contributed by atoms with van der Waals surface area (Å²) in [5, 5.41) is 0. The lowest BCUT2D eigenvalue weighted by atomic mass is 9.95. The number of carbonyl (C=O) groups excluding carboxylic acids is 1. The summed E-state index contributed by atoms with van der Waals surface area (Å²) >= 11 is 0. The standard InChI is InChI=1S/C19H20O/c20-19-17-13-9-5-1-3-7-11-15(17)16-12-8-4-2-6-10-14-18(16)19/h5-14H2. The van der Waals surface area contributed by atoms with E-state index in [1.165, 1.54) is 11.1 Å². The van der Waals surface area contributed by atoms with Crippen molar-refractivity contribution in [3.8, 4) is 23.7 Å². The van der Waals surface area contributed by atoms with E-state index >= 15 is 0 Å². The smallest absolute Gasteiger partial charge is 0.185 e. The molecule has 3 aliphatic rings. The van der Waals surface area contributed by atoms with Crippen LogP contribution in [0.4, 0.5) is 0 Å². The summed E-state index contributed by atoms with van der Waals surface area (Å²) < 4.78 is 0. The van der Waals surface area contributed by atoms with Crippen molar-refractivity contribution in [2.75, 3.05) is 0 Å². The van der Waals surface area contributed by atoms with Gasteiger partial charge in [0.1, 0.15) is 0 Å². The van der Waals surface area contributed by atoms with Gasteiger partial charge in [0.15, 0.2) is 5.78 Å². The van der Waals surface area contributed by atoms with Gasteiger partial charge in [-0.2, -0.15) is 0 Å². The Morgan fingerprint density at radius 1 is 0.550 bits per heavy atom. The van der Waals surface area contributed by atoms with Crippen molar-refractivity contribution < 1.29 is 4.79 Å². The largest absolute Gasteiger partial charge is 0.289 e. The van der Waals surface area contributed by atoms with Gasteiger partial charge in [0.2, 0.25) is 0 Å². The number of allylic oxidation sites excluding steroid dienone is 4. The van der Waals surface area contributed by atoms with Crippen molar-refractivity contribution in [3.05, 3.63) is 22.3 Å². The molecule has 0 aromatic rings. The molecule has 0 saturated heterocycles. The molecular formula is C19H20O. The van der Waals surface area contributed by atoms with E-state index < -0.39 is 0 Å². The van der Waals surface area contributed by atoms with Crippen molar-refractivity contribution in [1.82, 2.24) is 0 Å². The molecule has 0 radical (unpaired) electrons. The minimum absolute atomic E-state index is 0.346. The van der Waals surface area contributed by atoms with Gasteiger partial charge in [-0.1, -0.05) is 0 Å². The van der Waals surface area contributed by atoms with Crippen molar-refractivity contribution in [2.24, 2.45) is 0 Å². The highest BCUT2D eigenvalue weighted by atomic mass is 16.1.